The molecule has 2 aromatic rings. The number of thioether (sulfide) groups is 1. The van der Waals surface area contributed by atoms with Gasteiger partial charge < -0.3 is 9.15 Å². The summed E-state index contributed by atoms with van der Waals surface area (Å²) >= 11 is 1.34. The molecule has 1 heterocycles. The fourth-order valence-corrected chi connectivity index (χ4v) is 3.71. The van der Waals surface area contributed by atoms with Crippen molar-refractivity contribution < 1.29 is 17.6 Å². The molecule has 2 rings (SSSR count). The van der Waals surface area contributed by atoms with E-state index in [1.54, 1.807) is 0 Å². The Hall–Kier alpha value is -1.58. The van der Waals surface area contributed by atoms with Crippen LogP contribution in [-0.2, 0) is 16.6 Å². The summed E-state index contributed by atoms with van der Waals surface area (Å²) < 4.78 is 35.8. The zero-order valence-corrected chi connectivity index (χ0v) is 16.5. The number of ether oxygens (including phenoxy) is 1. The van der Waals surface area contributed by atoms with Gasteiger partial charge in [0.25, 0.3) is 11.1 Å². The van der Waals surface area contributed by atoms with Gasteiger partial charge in [-0.25, -0.2) is 12.7 Å². The van der Waals surface area contributed by atoms with E-state index in [-0.39, 0.29) is 12.4 Å². The summed E-state index contributed by atoms with van der Waals surface area (Å²) in [6, 6.07) is 5.99. The van der Waals surface area contributed by atoms with Crippen molar-refractivity contribution in [3.05, 3.63) is 35.2 Å². The number of aromatic nitrogens is 2. The van der Waals surface area contributed by atoms with Crippen LogP contribution in [0.25, 0.3) is 0 Å². The standard InChI is InChI=1S/C16H23N3O4S2/c1-12-6-7-13(2)14(10-12)22-11-15-17-18-16(23-15)24-8-5-9-25(20,21)19(3)4/h6-7,10H,5,8-9,11H2,1-4H3. The molecule has 1 aromatic heterocycles. The number of hydrogen-bond donors (Lipinski definition) is 0. The molecule has 0 atom stereocenters. The third-order valence-corrected chi connectivity index (χ3v) is 6.29. The molecule has 1 aromatic carbocycles. The number of benzene rings is 1. The van der Waals surface area contributed by atoms with E-state index in [9.17, 15) is 8.42 Å². The molecular formula is C16H23N3O4S2. The lowest BCUT2D eigenvalue weighted by Gasteiger charge is -2.10. The highest BCUT2D eigenvalue weighted by atomic mass is 32.2. The van der Waals surface area contributed by atoms with Crippen LogP contribution in [0.2, 0.25) is 0 Å². The summed E-state index contributed by atoms with van der Waals surface area (Å²) in [4.78, 5) is 0. The Labute approximate surface area is 152 Å². The van der Waals surface area contributed by atoms with Gasteiger partial charge in [0.15, 0.2) is 6.61 Å². The quantitative estimate of drug-likeness (QED) is 0.484. The van der Waals surface area contributed by atoms with E-state index in [0.717, 1.165) is 16.9 Å². The van der Waals surface area contributed by atoms with Crippen molar-refractivity contribution >= 4 is 21.8 Å². The molecule has 0 aliphatic heterocycles. The second-order valence-corrected chi connectivity index (χ2v) is 9.17. The lowest BCUT2D eigenvalue weighted by atomic mass is 10.1. The van der Waals surface area contributed by atoms with Gasteiger partial charge in [0.05, 0.1) is 5.75 Å². The van der Waals surface area contributed by atoms with Gasteiger partial charge in [-0.15, -0.1) is 10.2 Å². The molecule has 0 spiro atoms. The topological polar surface area (TPSA) is 85.5 Å². The van der Waals surface area contributed by atoms with Crippen molar-refractivity contribution in [1.82, 2.24) is 14.5 Å². The lowest BCUT2D eigenvalue weighted by Crippen LogP contribution is -2.25. The molecule has 0 fully saturated rings. The first-order chi connectivity index (χ1) is 11.8. The Balaban J connectivity index is 1.79. The molecule has 0 aliphatic carbocycles. The van der Waals surface area contributed by atoms with E-state index in [1.165, 1.54) is 30.2 Å². The van der Waals surface area contributed by atoms with Crippen LogP contribution >= 0.6 is 11.8 Å². The molecule has 0 bridgehead atoms. The molecule has 9 heteroatoms. The number of rotatable bonds is 9. The highest BCUT2D eigenvalue weighted by Gasteiger charge is 2.14. The van der Waals surface area contributed by atoms with Gasteiger partial charge in [0.1, 0.15) is 5.75 Å². The minimum Gasteiger partial charge on any atom is -0.484 e. The van der Waals surface area contributed by atoms with Crippen molar-refractivity contribution in [1.29, 1.82) is 0 Å². The highest BCUT2D eigenvalue weighted by Crippen LogP contribution is 2.22. The normalized spacial score (nSPS) is 11.9. The summed E-state index contributed by atoms with van der Waals surface area (Å²) in [5, 5.41) is 8.31. The molecule has 0 saturated heterocycles. The minimum absolute atomic E-state index is 0.101. The predicted molar refractivity (Wildman–Crippen MR) is 97.4 cm³/mol. The van der Waals surface area contributed by atoms with Crippen molar-refractivity contribution in [2.45, 2.75) is 32.1 Å². The van der Waals surface area contributed by atoms with Crippen molar-refractivity contribution in [3.8, 4) is 5.75 Å². The Morgan fingerprint density at radius 1 is 1.24 bits per heavy atom. The first-order valence-electron chi connectivity index (χ1n) is 7.83. The molecule has 0 saturated carbocycles. The van der Waals surface area contributed by atoms with Crippen molar-refractivity contribution in [2.24, 2.45) is 0 Å². The van der Waals surface area contributed by atoms with Gasteiger partial charge >= 0.3 is 0 Å². The summed E-state index contributed by atoms with van der Waals surface area (Å²) in [6.07, 6.45) is 0.516. The van der Waals surface area contributed by atoms with Crippen LogP contribution in [0.3, 0.4) is 0 Å². The van der Waals surface area contributed by atoms with Gasteiger partial charge in [-0.2, -0.15) is 0 Å². The Bertz CT molecular complexity index is 803. The van der Waals surface area contributed by atoms with Crippen LogP contribution in [0.5, 0.6) is 5.75 Å². The Morgan fingerprint density at radius 2 is 2.00 bits per heavy atom. The zero-order chi connectivity index (χ0) is 18.4. The molecule has 0 N–H and O–H groups in total. The highest BCUT2D eigenvalue weighted by molar-refractivity contribution is 7.99. The molecule has 0 radical (unpaired) electrons. The van der Waals surface area contributed by atoms with Gasteiger partial charge in [0.2, 0.25) is 10.0 Å². The molecule has 7 nitrogen and oxygen atoms in total. The van der Waals surface area contributed by atoms with E-state index >= 15 is 0 Å². The summed E-state index contributed by atoms with van der Waals surface area (Å²) in [6.45, 7) is 4.18. The van der Waals surface area contributed by atoms with Crippen LogP contribution < -0.4 is 4.74 Å². The van der Waals surface area contributed by atoms with Gasteiger partial charge in [0, 0.05) is 19.8 Å². The number of sulfonamides is 1. The van der Waals surface area contributed by atoms with E-state index in [4.69, 9.17) is 9.15 Å². The van der Waals surface area contributed by atoms with E-state index in [1.807, 2.05) is 32.0 Å². The Kier molecular flexibility index (Phi) is 6.86. The monoisotopic (exact) mass is 385 g/mol. The number of hydrogen-bond acceptors (Lipinski definition) is 7. The fourth-order valence-electron chi connectivity index (χ4n) is 1.94. The molecule has 0 amide bonds. The smallest absolute Gasteiger partial charge is 0.276 e. The summed E-state index contributed by atoms with van der Waals surface area (Å²) in [5.41, 5.74) is 2.16. The predicted octanol–water partition coefficient (Wildman–Crippen LogP) is 2.64. The summed E-state index contributed by atoms with van der Waals surface area (Å²) in [7, 11) is -0.100. The van der Waals surface area contributed by atoms with Crippen molar-refractivity contribution in [3.63, 3.8) is 0 Å². The molecule has 0 unspecified atom stereocenters. The number of nitrogens with zero attached hydrogens (tertiary/aromatic N) is 3. The van der Waals surface area contributed by atoms with E-state index in [2.05, 4.69) is 10.2 Å². The average Bonchev–Trinajstić information content (AvgIpc) is 3.00. The van der Waals surface area contributed by atoms with Crippen molar-refractivity contribution in [2.75, 3.05) is 25.6 Å². The van der Waals surface area contributed by atoms with Crippen LogP contribution in [0.4, 0.5) is 0 Å². The fraction of sp³-hybridized carbons (Fsp3) is 0.500. The average molecular weight is 386 g/mol. The maximum Gasteiger partial charge on any atom is 0.276 e. The first kappa shape index (κ1) is 19.7. The molecule has 138 valence electrons. The van der Waals surface area contributed by atoms with Gasteiger partial charge in [-0.3, -0.25) is 0 Å². The first-order valence-corrected chi connectivity index (χ1v) is 10.4. The van der Waals surface area contributed by atoms with E-state index in [0.29, 0.717) is 23.3 Å². The second-order valence-electron chi connectivity index (χ2n) is 5.82. The maximum atomic E-state index is 11.7. The van der Waals surface area contributed by atoms with Gasteiger partial charge in [-0.1, -0.05) is 23.9 Å². The summed E-state index contributed by atoms with van der Waals surface area (Å²) in [5.74, 6) is 1.88. The molecule has 25 heavy (non-hydrogen) atoms. The zero-order valence-electron chi connectivity index (χ0n) is 14.9. The molecular weight excluding hydrogens is 362 g/mol. The SMILES string of the molecule is Cc1ccc(C)c(OCc2nnc(SCCCS(=O)(=O)N(C)C)o2)c1. The van der Waals surface area contributed by atoms with Gasteiger partial charge in [-0.05, 0) is 37.5 Å². The largest absolute Gasteiger partial charge is 0.484 e. The Morgan fingerprint density at radius 3 is 2.72 bits per heavy atom. The van der Waals surface area contributed by atoms with Crippen LogP contribution in [0.15, 0.2) is 27.8 Å². The maximum absolute atomic E-state index is 11.7. The second kappa shape index (κ2) is 8.68. The number of aryl methyl sites for hydroxylation is 2. The minimum atomic E-state index is -3.16. The van der Waals surface area contributed by atoms with Crippen LogP contribution in [0, 0.1) is 13.8 Å². The lowest BCUT2D eigenvalue weighted by molar-refractivity contribution is 0.250. The van der Waals surface area contributed by atoms with Crippen LogP contribution in [0.1, 0.15) is 23.4 Å². The third-order valence-electron chi connectivity index (χ3n) is 3.47. The van der Waals surface area contributed by atoms with Crippen LogP contribution in [-0.4, -0.2) is 48.5 Å². The van der Waals surface area contributed by atoms with E-state index < -0.39 is 10.0 Å². The third kappa shape index (κ3) is 6.02. The molecule has 0 aliphatic rings.